The van der Waals surface area contributed by atoms with Gasteiger partial charge in [-0.3, -0.25) is 4.84 Å². The zero-order chi connectivity index (χ0) is 15.5. The molecule has 1 N–H and O–H groups in total. The molecule has 0 fully saturated rings. The molecule has 5 nitrogen and oxygen atoms in total. The summed E-state index contributed by atoms with van der Waals surface area (Å²) in [7, 11) is 0. The lowest BCUT2D eigenvalue weighted by Crippen LogP contribution is -2.24. The van der Waals surface area contributed by atoms with E-state index in [0.717, 1.165) is 36.5 Å². The van der Waals surface area contributed by atoms with Crippen LogP contribution in [0.2, 0.25) is 0 Å². The molecular formula is C18H18N4O. The predicted molar refractivity (Wildman–Crippen MR) is 90.7 cm³/mol. The number of hydrogen-bond acceptors (Lipinski definition) is 4. The highest BCUT2D eigenvalue weighted by Gasteiger charge is 2.17. The average Bonchev–Trinajstić information content (AvgIpc) is 3.21. The molecule has 4 rings (SSSR count). The zero-order valence-corrected chi connectivity index (χ0v) is 12.8. The maximum Gasteiger partial charge on any atom is 0.158 e. The first-order valence-electron chi connectivity index (χ1n) is 7.86. The molecule has 1 aromatic heterocycles. The number of aryl methyl sites for hydroxylation is 1. The Bertz CT molecular complexity index is 834. The summed E-state index contributed by atoms with van der Waals surface area (Å²) in [5.41, 5.74) is 5.12. The Hall–Kier alpha value is -2.66. The maximum atomic E-state index is 5.59. The molecule has 116 valence electrons. The second-order valence-electron chi connectivity index (χ2n) is 5.60. The molecule has 0 saturated carbocycles. The van der Waals surface area contributed by atoms with Crippen LogP contribution in [-0.2, 0) is 11.4 Å². The van der Waals surface area contributed by atoms with Gasteiger partial charge in [0.05, 0.1) is 18.6 Å². The lowest BCUT2D eigenvalue weighted by molar-refractivity contribution is 0.0818. The van der Waals surface area contributed by atoms with E-state index in [2.05, 4.69) is 44.3 Å². The molecule has 2 heterocycles. The molecule has 1 aliphatic heterocycles. The summed E-state index contributed by atoms with van der Waals surface area (Å²) >= 11 is 0. The Morgan fingerprint density at radius 3 is 2.87 bits per heavy atom. The van der Waals surface area contributed by atoms with Crippen molar-refractivity contribution in [2.75, 3.05) is 6.61 Å². The van der Waals surface area contributed by atoms with Crippen LogP contribution in [0.5, 0.6) is 0 Å². The molecule has 0 atom stereocenters. The number of hydroxylamine groups is 1. The van der Waals surface area contributed by atoms with Gasteiger partial charge in [-0.2, -0.15) is 0 Å². The standard InChI is InChI=1S/C18H18N4O/c1(10-22-11-9-19-13-22)2-12-23-21-18-15-7-3-5-14-6-4-8-16(20-18)17(14)15/h3-9,11,13H,1-2,10,12H2,(H,20,21). The smallest absolute Gasteiger partial charge is 0.158 e. The van der Waals surface area contributed by atoms with Gasteiger partial charge in [0.2, 0.25) is 0 Å². The molecule has 0 aliphatic carbocycles. The summed E-state index contributed by atoms with van der Waals surface area (Å²) in [4.78, 5) is 14.2. The van der Waals surface area contributed by atoms with Gasteiger partial charge >= 0.3 is 0 Å². The van der Waals surface area contributed by atoms with Crippen LogP contribution in [0.15, 0.2) is 60.1 Å². The number of nitrogens with zero attached hydrogens (tertiary/aromatic N) is 3. The number of aromatic nitrogens is 2. The molecule has 23 heavy (non-hydrogen) atoms. The van der Waals surface area contributed by atoms with Crippen molar-refractivity contribution in [2.24, 2.45) is 4.99 Å². The van der Waals surface area contributed by atoms with Crippen LogP contribution >= 0.6 is 0 Å². The van der Waals surface area contributed by atoms with Crippen molar-refractivity contribution >= 4 is 22.3 Å². The highest BCUT2D eigenvalue weighted by atomic mass is 16.6. The molecule has 0 spiro atoms. The van der Waals surface area contributed by atoms with Crippen molar-refractivity contribution in [3.05, 3.63) is 60.7 Å². The molecule has 0 unspecified atom stereocenters. The van der Waals surface area contributed by atoms with Crippen LogP contribution in [0.4, 0.5) is 5.69 Å². The van der Waals surface area contributed by atoms with Crippen molar-refractivity contribution < 1.29 is 4.84 Å². The van der Waals surface area contributed by atoms with E-state index in [1.54, 1.807) is 6.20 Å². The normalized spacial score (nSPS) is 12.6. The number of unbranched alkanes of at least 4 members (excludes halogenated alkanes) is 1. The number of nitrogens with one attached hydrogen (secondary N) is 1. The van der Waals surface area contributed by atoms with Crippen LogP contribution in [-0.4, -0.2) is 22.0 Å². The zero-order valence-electron chi connectivity index (χ0n) is 12.8. The van der Waals surface area contributed by atoms with Gasteiger partial charge < -0.3 is 4.57 Å². The Labute approximate surface area is 134 Å². The third kappa shape index (κ3) is 2.83. The number of imidazole rings is 1. The fourth-order valence-corrected chi connectivity index (χ4v) is 2.88. The summed E-state index contributed by atoms with van der Waals surface area (Å²) in [5, 5.41) is 2.40. The van der Waals surface area contributed by atoms with Gasteiger partial charge in [-0.05, 0) is 24.3 Å². The van der Waals surface area contributed by atoms with E-state index in [1.807, 2.05) is 24.7 Å². The van der Waals surface area contributed by atoms with E-state index in [4.69, 9.17) is 4.84 Å². The van der Waals surface area contributed by atoms with Crippen molar-refractivity contribution in [3.63, 3.8) is 0 Å². The number of rotatable bonds is 6. The van der Waals surface area contributed by atoms with Crippen molar-refractivity contribution in [2.45, 2.75) is 19.4 Å². The maximum absolute atomic E-state index is 5.59. The summed E-state index contributed by atoms with van der Waals surface area (Å²) in [6, 6.07) is 12.4. The summed E-state index contributed by atoms with van der Waals surface area (Å²) in [6.07, 6.45) is 7.65. The largest absolute Gasteiger partial charge is 0.337 e. The minimum Gasteiger partial charge on any atom is -0.337 e. The first kappa shape index (κ1) is 14.0. The molecule has 0 bridgehead atoms. The minimum absolute atomic E-state index is 0.653. The van der Waals surface area contributed by atoms with E-state index in [1.165, 1.54) is 10.8 Å². The average molecular weight is 306 g/mol. The molecule has 0 saturated heterocycles. The van der Waals surface area contributed by atoms with Crippen LogP contribution in [0.3, 0.4) is 0 Å². The molecule has 0 radical (unpaired) electrons. The predicted octanol–water partition coefficient (Wildman–Crippen LogP) is 3.43. The molecule has 5 heteroatoms. The number of aliphatic imine (C=N–C) groups is 1. The first-order chi connectivity index (χ1) is 11.4. The fourth-order valence-electron chi connectivity index (χ4n) is 2.88. The Balaban J connectivity index is 1.30. The van der Waals surface area contributed by atoms with Gasteiger partial charge in [0.25, 0.3) is 0 Å². The van der Waals surface area contributed by atoms with E-state index in [0.29, 0.717) is 6.61 Å². The van der Waals surface area contributed by atoms with Crippen LogP contribution in [0, 0.1) is 0 Å². The number of hydrogen-bond donors (Lipinski definition) is 1. The number of amidine groups is 1. The van der Waals surface area contributed by atoms with Gasteiger partial charge in [0, 0.05) is 29.9 Å². The lowest BCUT2D eigenvalue weighted by Gasteiger charge is -2.08. The van der Waals surface area contributed by atoms with Crippen LogP contribution in [0.1, 0.15) is 18.4 Å². The van der Waals surface area contributed by atoms with Crippen LogP contribution < -0.4 is 5.48 Å². The van der Waals surface area contributed by atoms with Gasteiger partial charge in [-0.15, -0.1) is 0 Å². The van der Waals surface area contributed by atoms with E-state index in [-0.39, 0.29) is 0 Å². The quantitative estimate of drug-likeness (QED) is 0.561. The van der Waals surface area contributed by atoms with Crippen LogP contribution in [0.25, 0.3) is 10.8 Å². The van der Waals surface area contributed by atoms with E-state index < -0.39 is 0 Å². The van der Waals surface area contributed by atoms with Gasteiger partial charge in [-0.25, -0.2) is 15.5 Å². The number of benzene rings is 2. The molecule has 2 aromatic carbocycles. The second kappa shape index (κ2) is 6.22. The Morgan fingerprint density at radius 2 is 2.00 bits per heavy atom. The first-order valence-corrected chi connectivity index (χ1v) is 7.86. The summed E-state index contributed by atoms with van der Waals surface area (Å²) < 4.78 is 2.08. The molecule has 0 amide bonds. The monoisotopic (exact) mass is 306 g/mol. The third-order valence-electron chi connectivity index (χ3n) is 4.01. The highest BCUT2D eigenvalue weighted by molar-refractivity contribution is 6.18. The summed E-state index contributed by atoms with van der Waals surface area (Å²) in [5.74, 6) is 0.798. The summed E-state index contributed by atoms with van der Waals surface area (Å²) in [6.45, 7) is 1.62. The van der Waals surface area contributed by atoms with Gasteiger partial charge in [0.1, 0.15) is 0 Å². The molecule has 1 aliphatic rings. The minimum atomic E-state index is 0.653. The van der Waals surface area contributed by atoms with Crippen molar-refractivity contribution in [1.82, 2.24) is 15.0 Å². The van der Waals surface area contributed by atoms with E-state index in [9.17, 15) is 0 Å². The van der Waals surface area contributed by atoms with Gasteiger partial charge in [0.15, 0.2) is 5.84 Å². The second-order valence-corrected chi connectivity index (χ2v) is 5.60. The van der Waals surface area contributed by atoms with Crippen molar-refractivity contribution in [3.8, 4) is 0 Å². The lowest BCUT2D eigenvalue weighted by atomic mass is 10.0. The Morgan fingerprint density at radius 1 is 1.09 bits per heavy atom. The topological polar surface area (TPSA) is 51.4 Å². The van der Waals surface area contributed by atoms with Gasteiger partial charge in [-0.1, -0.05) is 30.3 Å². The fraction of sp³-hybridized carbons (Fsp3) is 0.222. The molecular weight excluding hydrogens is 288 g/mol. The molecule has 3 aromatic rings. The van der Waals surface area contributed by atoms with Crippen molar-refractivity contribution in [1.29, 1.82) is 0 Å². The SMILES string of the molecule is c1cc2c3c(cccc3c1)C(NOCCCCn1ccnc1)=N2. The third-order valence-corrected chi connectivity index (χ3v) is 4.01. The highest BCUT2D eigenvalue weighted by Crippen LogP contribution is 2.34. The Kier molecular flexibility index (Phi) is 3.78. The van der Waals surface area contributed by atoms with E-state index >= 15 is 0 Å².